The van der Waals surface area contributed by atoms with Gasteiger partial charge in [0.25, 0.3) is 11.8 Å². The van der Waals surface area contributed by atoms with E-state index in [-0.39, 0.29) is 29.6 Å². The van der Waals surface area contributed by atoms with Crippen LogP contribution in [0.2, 0.25) is 0 Å². The molecule has 5 rings (SSSR count). The number of fused-ring (bicyclic) bond motifs is 1. The molecule has 4 aromatic rings. The maximum atomic E-state index is 14.0. The molecule has 1 aliphatic rings. The molecule has 6 heteroatoms. The Morgan fingerprint density at radius 2 is 1.54 bits per heavy atom. The van der Waals surface area contributed by atoms with E-state index in [1.54, 1.807) is 23.1 Å². The molecule has 0 bridgehead atoms. The Labute approximate surface area is 216 Å². The van der Waals surface area contributed by atoms with Gasteiger partial charge in [-0.05, 0) is 79.5 Å². The molecule has 0 N–H and O–H groups in total. The van der Waals surface area contributed by atoms with Crippen molar-refractivity contribution < 1.29 is 9.59 Å². The molecule has 1 aliphatic heterocycles. The Hall–Kier alpha value is -4.58. The fourth-order valence-electron chi connectivity index (χ4n) is 5.11. The van der Waals surface area contributed by atoms with Crippen LogP contribution in [0, 0.1) is 11.8 Å². The smallest absolute Gasteiger partial charge is 0.258 e. The number of anilines is 2. The number of rotatable bonds is 5. The van der Waals surface area contributed by atoms with E-state index < -0.39 is 0 Å². The summed E-state index contributed by atoms with van der Waals surface area (Å²) >= 11 is 0. The van der Waals surface area contributed by atoms with Crippen molar-refractivity contribution in [3.63, 3.8) is 0 Å². The van der Waals surface area contributed by atoms with E-state index in [1.807, 2.05) is 97.6 Å². The summed E-state index contributed by atoms with van der Waals surface area (Å²) in [5, 5.41) is 2.98. The van der Waals surface area contributed by atoms with E-state index in [0.29, 0.717) is 17.5 Å². The first-order chi connectivity index (χ1) is 18.0. The minimum Gasteiger partial charge on any atom is -0.305 e. The molecule has 2 unspecified atom stereocenters. The molecule has 2 amide bonds. The minimum atomic E-state index is -0.284. The quantitative estimate of drug-likeness (QED) is 0.278. The van der Waals surface area contributed by atoms with Gasteiger partial charge in [-0.1, -0.05) is 60.2 Å². The minimum absolute atomic E-state index is 0.0913. The van der Waals surface area contributed by atoms with Crippen molar-refractivity contribution in [2.75, 3.05) is 9.80 Å². The zero-order valence-electron chi connectivity index (χ0n) is 20.7. The Morgan fingerprint density at radius 3 is 2.30 bits per heavy atom. The molecule has 37 heavy (non-hydrogen) atoms. The summed E-state index contributed by atoms with van der Waals surface area (Å²) in [7, 11) is 0. The standard InChI is InChI=1S/C31H27N3O3/c1-21-10-8-11-23(18-21)31(36)34(26-14-4-3-5-15-26)29-19-22(2)33(28-17-7-6-16-27(28)29)30(35)24-12-9-13-25(20-24)32-37/h3-18,20,22,29H,19H2,1-2H3. The van der Waals surface area contributed by atoms with Crippen LogP contribution >= 0.6 is 0 Å². The highest BCUT2D eigenvalue weighted by Gasteiger charge is 2.39. The summed E-state index contributed by atoms with van der Waals surface area (Å²) in [6, 6.07) is 30.9. The lowest BCUT2D eigenvalue weighted by Gasteiger charge is -2.43. The van der Waals surface area contributed by atoms with Gasteiger partial charge in [0, 0.05) is 28.5 Å². The molecule has 2 atom stereocenters. The predicted octanol–water partition coefficient (Wildman–Crippen LogP) is 7.22. The maximum absolute atomic E-state index is 14.0. The lowest BCUT2D eigenvalue weighted by atomic mass is 9.89. The van der Waals surface area contributed by atoms with E-state index in [0.717, 1.165) is 22.5 Å². The van der Waals surface area contributed by atoms with Gasteiger partial charge in [0.1, 0.15) is 5.69 Å². The molecule has 0 saturated heterocycles. The van der Waals surface area contributed by atoms with Crippen LogP contribution < -0.4 is 9.80 Å². The van der Waals surface area contributed by atoms with Crippen LogP contribution in [0.4, 0.5) is 17.1 Å². The van der Waals surface area contributed by atoms with Crippen molar-refractivity contribution in [3.05, 3.63) is 130 Å². The van der Waals surface area contributed by atoms with Gasteiger partial charge in [-0.15, -0.1) is 4.91 Å². The van der Waals surface area contributed by atoms with Gasteiger partial charge in [0.2, 0.25) is 0 Å². The van der Waals surface area contributed by atoms with Crippen LogP contribution in [-0.2, 0) is 0 Å². The molecule has 0 aromatic heterocycles. The van der Waals surface area contributed by atoms with E-state index >= 15 is 0 Å². The van der Waals surface area contributed by atoms with Crippen molar-refractivity contribution in [3.8, 4) is 0 Å². The molecule has 0 aliphatic carbocycles. The van der Waals surface area contributed by atoms with Crippen molar-refractivity contribution >= 4 is 28.9 Å². The second-order valence-corrected chi connectivity index (χ2v) is 9.36. The Morgan fingerprint density at radius 1 is 0.838 bits per heavy atom. The molecular weight excluding hydrogens is 462 g/mol. The lowest BCUT2D eigenvalue weighted by molar-refractivity contribution is 0.0965. The number of hydrogen-bond donors (Lipinski definition) is 0. The maximum Gasteiger partial charge on any atom is 0.258 e. The highest BCUT2D eigenvalue weighted by Crippen LogP contribution is 2.43. The number of hydrogen-bond acceptors (Lipinski definition) is 4. The van der Waals surface area contributed by atoms with Gasteiger partial charge in [-0.3, -0.25) is 9.59 Å². The fraction of sp³-hybridized carbons (Fsp3) is 0.161. The molecule has 6 nitrogen and oxygen atoms in total. The third-order valence-electron chi connectivity index (χ3n) is 6.81. The summed E-state index contributed by atoms with van der Waals surface area (Å²) in [5.74, 6) is -0.299. The van der Waals surface area contributed by atoms with Gasteiger partial charge >= 0.3 is 0 Å². The Bertz CT molecular complexity index is 1470. The van der Waals surface area contributed by atoms with E-state index in [9.17, 15) is 14.5 Å². The van der Waals surface area contributed by atoms with Crippen molar-refractivity contribution in [1.29, 1.82) is 0 Å². The number of benzene rings is 4. The molecule has 1 heterocycles. The zero-order valence-corrected chi connectivity index (χ0v) is 20.7. The normalized spacial score (nSPS) is 16.5. The second-order valence-electron chi connectivity index (χ2n) is 9.36. The summed E-state index contributed by atoms with van der Waals surface area (Å²) in [6.45, 7) is 3.96. The van der Waals surface area contributed by atoms with Crippen LogP contribution in [0.25, 0.3) is 0 Å². The number of nitroso groups, excluding NO2 is 1. The van der Waals surface area contributed by atoms with Crippen molar-refractivity contribution in [2.24, 2.45) is 5.18 Å². The van der Waals surface area contributed by atoms with Gasteiger partial charge < -0.3 is 9.80 Å². The lowest BCUT2D eigenvalue weighted by Crippen LogP contribution is -2.47. The average molecular weight is 490 g/mol. The van der Waals surface area contributed by atoms with Crippen LogP contribution in [-0.4, -0.2) is 17.9 Å². The van der Waals surface area contributed by atoms with E-state index in [4.69, 9.17) is 0 Å². The molecule has 0 saturated carbocycles. The second kappa shape index (κ2) is 10.2. The number of para-hydroxylation sites is 2. The summed E-state index contributed by atoms with van der Waals surface area (Å²) < 4.78 is 0. The third-order valence-corrected chi connectivity index (χ3v) is 6.81. The fourth-order valence-corrected chi connectivity index (χ4v) is 5.11. The highest BCUT2D eigenvalue weighted by atomic mass is 16.3. The summed E-state index contributed by atoms with van der Waals surface area (Å²) in [5.41, 5.74) is 4.67. The zero-order chi connectivity index (χ0) is 25.9. The highest BCUT2D eigenvalue weighted by molar-refractivity contribution is 6.09. The van der Waals surface area contributed by atoms with Crippen molar-refractivity contribution in [2.45, 2.75) is 32.4 Å². The summed E-state index contributed by atoms with van der Waals surface area (Å²) in [4.78, 5) is 42.4. The number of amides is 2. The average Bonchev–Trinajstić information content (AvgIpc) is 2.93. The van der Waals surface area contributed by atoms with Crippen LogP contribution in [0.1, 0.15) is 51.2 Å². The van der Waals surface area contributed by atoms with Crippen LogP contribution in [0.5, 0.6) is 0 Å². The van der Waals surface area contributed by atoms with Gasteiger partial charge in [-0.2, -0.15) is 0 Å². The van der Waals surface area contributed by atoms with Crippen LogP contribution in [0.15, 0.2) is 108 Å². The number of carbonyl (C=O) groups excluding carboxylic acids is 2. The largest absolute Gasteiger partial charge is 0.305 e. The SMILES string of the molecule is Cc1cccc(C(=O)N(c2ccccc2)C2CC(C)N(C(=O)c3cccc(N=O)c3)c3ccccc32)c1. The number of carbonyl (C=O) groups is 2. The molecular formula is C31H27N3O3. The van der Waals surface area contributed by atoms with Crippen molar-refractivity contribution in [1.82, 2.24) is 0 Å². The van der Waals surface area contributed by atoms with E-state index in [2.05, 4.69) is 5.18 Å². The van der Waals surface area contributed by atoms with E-state index in [1.165, 1.54) is 6.07 Å². The molecule has 0 radical (unpaired) electrons. The molecule has 4 aromatic carbocycles. The first-order valence-corrected chi connectivity index (χ1v) is 12.3. The molecule has 184 valence electrons. The monoisotopic (exact) mass is 489 g/mol. The number of nitrogens with zero attached hydrogens (tertiary/aromatic N) is 3. The number of aryl methyl sites for hydroxylation is 1. The Balaban J connectivity index is 1.61. The van der Waals surface area contributed by atoms with Gasteiger partial charge in [-0.25, -0.2) is 0 Å². The predicted molar refractivity (Wildman–Crippen MR) is 146 cm³/mol. The van der Waals surface area contributed by atoms with Gasteiger partial charge in [0.05, 0.1) is 6.04 Å². The van der Waals surface area contributed by atoms with Crippen LogP contribution in [0.3, 0.4) is 0 Å². The molecule has 0 fully saturated rings. The summed E-state index contributed by atoms with van der Waals surface area (Å²) in [6.07, 6.45) is 0.542. The Kier molecular flexibility index (Phi) is 6.64. The first kappa shape index (κ1) is 24.1. The third kappa shape index (κ3) is 4.66. The molecule has 0 spiro atoms. The topological polar surface area (TPSA) is 70.1 Å². The first-order valence-electron chi connectivity index (χ1n) is 12.3. The van der Waals surface area contributed by atoms with Gasteiger partial charge in [0.15, 0.2) is 0 Å².